The maximum absolute atomic E-state index is 12.8. The van der Waals surface area contributed by atoms with Gasteiger partial charge >= 0.3 is 0 Å². The van der Waals surface area contributed by atoms with Crippen molar-refractivity contribution in [3.8, 4) is 0 Å². The minimum absolute atomic E-state index is 0.136. The average Bonchev–Trinajstić information content (AvgIpc) is 2.45. The van der Waals surface area contributed by atoms with E-state index < -0.39 is 5.95 Å². The lowest BCUT2D eigenvalue weighted by Gasteiger charge is -2.09. The molecule has 0 saturated carbocycles. The van der Waals surface area contributed by atoms with E-state index in [1.54, 1.807) is 24.2 Å². The molecular weight excluding hydrogens is 199 g/mol. The SMILES string of the molecule is CN1CC(Nc2cccc(F)n2)C(=O)N1. The van der Waals surface area contributed by atoms with Gasteiger partial charge in [-0.15, -0.1) is 0 Å². The summed E-state index contributed by atoms with van der Waals surface area (Å²) in [5.74, 6) is -0.333. The van der Waals surface area contributed by atoms with E-state index in [2.05, 4.69) is 15.7 Å². The number of aromatic nitrogens is 1. The van der Waals surface area contributed by atoms with E-state index in [4.69, 9.17) is 0 Å². The zero-order chi connectivity index (χ0) is 10.8. The van der Waals surface area contributed by atoms with E-state index >= 15 is 0 Å². The van der Waals surface area contributed by atoms with Gasteiger partial charge in [0.15, 0.2) is 0 Å². The van der Waals surface area contributed by atoms with Gasteiger partial charge in [0.25, 0.3) is 5.91 Å². The first-order chi connectivity index (χ1) is 7.15. The highest BCUT2D eigenvalue weighted by Crippen LogP contribution is 2.08. The van der Waals surface area contributed by atoms with Gasteiger partial charge in [0.1, 0.15) is 11.9 Å². The Hall–Kier alpha value is -1.69. The van der Waals surface area contributed by atoms with Gasteiger partial charge in [-0.1, -0.05) is 6.07 Å². The van der Waals surface area contributed by atoms with Gasteiger partial charge < -0.3 is 5.32 Å². The van der Waals surface area contributed by atoms with E-state index in [1.807, 2.05) is 0 Å². The largest absolute Gasteiger partial charge is 0.357 e. The van der Waals surface area contributed by atoms with Crippen molar-refractivity contribution in [2.75, 3.05) is 18.9 Å². The van der Waals surface area contributed by atoms with Crippen molar-refractivity contribution in [1.29, 1.82) is 0 Å². The van der Waals surface area contributed by atoms with Crippen molar-refractivity contribution in [3.63, 3.8) is 0 Å². The van der Waals surface area contributed by atoms with Crippen LogP contribution in [0.1, 0.15) is 0 Å². The Labute approximate surface area is 86.3 Å². The van der Waals surface area contributed by atoms with Crippen molar-refractivity contribution in [2.24, 2.45) is 0 Å². The number of amides is 1. The number of nitrogens with zero attached hydrogens (tertiary/aromatic N) is 2. The first-order valence-corrected chi connectivity index (χ1v) is 4.56. The highest BCUT2D eigenvalue weighted by Gasteiger charge is 2.28. The second-order valence-electron chi connectivity index (χ2n) is 3.40. The second-order valence-corrected chi connectivity index (χ2v) is 3.40. The van der Waals surface area contributed by atoms with E-state index in [9.17, 15) is 9.18 Å². The number of pyridine rings is 1. The molecule has 0 spiro atoms. The van der Waals surface area contributed by atoms with Crippen molar-refractivity contribution >= 4 is 11.7 Å². The summed E-state index contributed by atoms with van der Waals surface area (Å²) in [6.07, 6.45) is 0. The molecule has 1 atom stereocenters. The monoisotopic (exact) mass is 210 g/mol. The third kappa shape index (κ3) is 2.21. The molecule has 0 aromatic carbocycles. The van der Waals surface area contributed by atoms with Crippen LogP contribution >= 0.6 is 0 Å². The van der Waals surface area contributed by atoms with Gasteiger partial charge in [0.05, 0.1) is 0 Å². The average molecular weight is 210 g/mol. The Morgan fingerprint density at radius 2 is 2.47 bits per heavy atom. The third-order valence-electron chi connectivity index (χ3n) is 2.11. The minimum atomic E-state index is -0.563. The summed E-state index contributed by atoms with van der Waals surface area (Å²) >= 11 is 0. The van der Waals surface area contributed by atoms with Crippen LogP contribution in [0.25, 0.3) is 0 Å². The van der Waals surface area contributed by atoms with Crippen LogP contribution < -0.4 is 10.7 Å². The molecule has 1 aromatic heterocycles. The molecule has 15 heavy (non-hydrogen) atoms. The standard InChI is InChI=1S/C9H11FN4O/c1-14-5-6(9(15)13-14)11-8-4-2-3-7(10)12-8/h2-4,6H,5H2,1H3,(H,11,12)(H,13,15). The fraction of sp³-hybridized carbons (Fsp3) is 0.333. The number of nitrogens with one attached hydrogen (secondary N) is 2. The van der Waals surface area contributed by atoms with Crippen molar-refractivity contribution in [1.82, 2.24) is 15.4 Å². The van der Waals surface area contributed by atoms with Crippen molar-refractivity contribution < 1.29 is 9.18 Å². The van der Waals surface area contributed by atoms with Crippen LogP contribution in [0.5, 0.6) is 0 Å². The fourth-order valence-electron chi connectivity index (χ4n) is 1.45. The molecule has 1 aliphatic heterocycles. The molecule has 6 heteroatoms. The Morgan fingerprint density at radius 1 is 1.67 bits per heavy atom. The van der Waals surface area contributed by atoms with Crippen LogP contribution in [-0.4, -0.2) is 35.5 Å². The Balaban J connectivity index is 2.06. The van der Waals surface area contributed by atoms with Gasteiger partial charge in [0, 0.05) is 13.6 Å². The zero-order valence-electron chi connectivity index (χ0n) is 8.20. The lowest BCUT2D eigenvalue weighted by molar-refractivity contribution is -0.121. The summed E-state index contributed by atoms with van der Waals surface area (Å²) in [6.45, 7) is 0.525. The molecule has 2 heterocycles. The lowest BCUT2D eigenvalue weighted by Crippen LogP contribution is -2.32. The number of likely N-dealkylation sites (N-methyl/N-ethyl adjacent to an activating group) is 1. The van der Waals surface area contributed by atoms with E-state index in [0.29, 0.717) is 12.4 Å². The highest BCUT2D eigenvalue weighted by atomic mass is 19.1. The molecule has 1 amide bonds. The van der Waals surface area contributed by atoms with Gasteiger partial charge in [0.2, 0.25) is 5.95 Å². The van der Waals surface area contributed by atoms with Gasteiger partial charge in [-0.25, -0.2) is 9.99 Å². The molecule has 1 saturated heterocycles. The fourth-order valence-corrected chi connectivity index (χ4v) is 1.45. The maximum Gasteiger partial charge on any atom is 0.258 e. The van der Waals surface area contributed by atoms with Crippen molar-refractivity contribution in [2.45, 2.75) is 6.04 Å². The summed E-state index contributed by atoms with van der Waals surface area (Å²) in [5, 5.41) is 4.52. The van der Waals surface area contributed by atoms with Crippen LogP contribution in [0.15, 0.2) is 18.2 Å². The Morgan fingerprint density at radius 3 is 3.07 bits per heavy atom. The zero-order valence-corrected chi connectivity index (χ0v) is 8.20. The molecule has 1 fully saturated rings. The first-order valence-electron chi connectivity index (χ1n) is 4.56. The number of carbonyl (C=O) groups excluding carboxylic acids is 1. The topological polar surface area (TPSA) is 57.3 Å². The lowest BCUT2D eigenvalue weighted by atomic mass is 10.3. The summed E-state index contributed by atoms with van der Waals surface area (Å²) in [7, 11) is 1.76. The summed E-state index contributed by atoms with van der Waals surface area (Å²) in [4.78, 5) is 15.0. The predicted octanol–water partition coefficient (Wildman–Crippen LogP) is -0.0222. The predicted molar refractivity (Wildman–Crippen MR) is 52.4 cm³/mol. The molecule has 0 bridgehead atoms. The normalized spacial score (nSPS) is 21.5. The molecular formula is C9H11FN4O. The van der Waals surface area contributed by atoms with Crippen molar-refractivity contribution in [3.05, 3.63) is 24.1 Å². The van der Waals surface area contributed by atoms with Crippen LogP contribution in [0, 0.1) is 5.95 Å². The molecule has 0 aliphatic carbocycles. The molecule has 5 nitrogen and oxygen atoms in total. The minimum Gasteiger partial charge on any atom is -0.357 e. The number of anilines is 1. The number of halogens is 1. The molecule has 2 N–H and O–H groups in total. The molecule has 80 valence electrons. The highest BCUT2D eigenvalue weighted by molar-refractivity contribution is 5.85. The molecule has 2 rings (SSSR count). The molecule has 1 unspecified atom stereocenters. The van der Waals surface area contributed by atoms with Crippen LogP contribution in [0.2, 0.25) is 0 Å². The van der Waals surface area contributed by atoms with Crippen LogP contribution in [0.3, 0.4) is 0 Å². The summed E-state index contributed by atoms with van der Waals surface area (Å²) in [5.41, 5.74) is 2.61. The van der Waals surface area contributed by atoms with Gasteiger partial charge in [-0.2, -0.15) is 4.39 Å². The number of hydrogen-bond acceptors (Lipinski definition) is 4. The molecule has 0 radical (unpaired) electrons. The molecule has 1 aromatic rings. The smallest absolute Gasteiger partial charge is 0.258 e. The molecule has 1 aliphatic rings. The van der Waals surface area contributed by atoms with Crippen LogP contribution in [0.4, 0.5) is 10.2 Å². The first kappa shape index (κ1) is 9.85. The number of rotatable bonds is 2. The summed E-state index contributed by atoms with van der Waals surface area (Å²) < 4.78 is 12.8. The number of hydrogen-bond donors (Lipinski definition) is 2. The number of carbonyl (C=O) groups is 1. The number of hydrazine groups is 1. The second kappa shape index (κ2) is 3.82. The van der Waals surface area contributed by atoms with E-state index in [-0.39, 0.29) is 11.9 Å². The Bertz CT molecular complexity index is 384. The Kier molecular flexibility index (Phi) is 2.51. The van der Waals surface area contributed by atoms with Gasteiger partial charge in [-0.3, -0.25) is 10.2 Å². The summed E-state index contributed by atoms with van der Waals surface area (Å²) in [6, 6.07) is 4.03. The van der Waals surface area contributed by atoms with E-state index in [1.165, 1.54) is 6.07 Å². The van der Waals surface area contributed by atoms with Gasteiger partial charge in [-0.05, 0) is 12.1 Å². The third-order valence-corrected chi connectivity index (χ3v) is 2.11. The maximum atomic E-state index is 12.8. The quantitative estimate of drug-likeness (QED) is 0.673. The van der Waals surface area contributed by atoms with E-state index in [0.717, 1.165) is 0 Å². The van der Waals surface area contributed by atoms with Crippen LogP contribution in [-0.2, 0) is 4.79 Å².